The van der Waals surface area contributed by atoms with Gasteiger partial charge in [-0.05, 0) is 62.1 Å². The highest BCUT2D eigenvalue weighted by atomic mass is 16.5. The SMILES string of the molecule is CCCCC(CCCC)OC(=O)CCCCCCCCCCOC(=O)c1ccc(/N=c2/cc3oc4cc(N(C)C)ccc4nc-3c3ccccc23)cc1. The summed E-state index contributed by atoms with van der Waals surface area (Å²) in [5, 5.41) is 2.71. The van der Waals surface area contributed by atoms with Crippen LogP contribution in [-0.4, -0.2) is 43.7 Å². The number of nitrogens with zero attached hydrogens (tertiary/aromatic N) is 3. The quantitative estimate of drug-likeness (QED) is 0.0322. The molecule has 0 amide bonds. The van der Waals surface area contributed by atoms with E-state index in [1.165, 1.54) is 0 Å². The molecule has 282 valence electrons. The Labute approximate surface area is 315 Å². The summed E-state index contributed by atoms with van der Waals surface area (Å²) in [7, 11) is 4.00. The summed E-state index contributed by atoms with van der Waals surface area (Å²) in [5.74, 6) is 0.316. The van der Waals surface area contributed by atoms with Crippen molar-refractivity contribution in [1.82, 2.24) is 4.98 Å². The Morgan fingerprint density at radius 2 is 1.43 bits per heavy atom. The molecule has 3 aromatic rings. The molecule has 0 radical (unpaired) electrons. The second kappa shape index (κ2) is 20.5. The minimum Gasteiger partial charge on any atom is -0.462 e. The van der Waals surface area contributed by atoms with E-state index in [0.29, 0.717) is 29.9 Å². The molecule has 5 rings (SSSR count). The first-order valence-corrected chi connectivity index (χ1v) is 19.8. The van der Waals surface area contributed by atoms with Crippen LogP contribution in [-0.2, 0) is 14.3 Å². The Hall–Kier alpha value is -4.72. The third-order valence-corrected chi connectivity index (χ3v) is 9.79. The average Bonchev–Trinajstić information content (AvgIpc) is 3.17. The number of fused-ring (bicyclic) bond motifs is 4. The summed E-state index contributed by atoms with van der Waals surface area (Å²) >= 11 is 0. The van der Waals surface area contributed by atoms with Crippen molar-refractivity contribution in [2.24, 2.45) is 4.99 Å². The van der Waals surface area contributed by atoms with Crippen molar-refractivity contribution >= 4 is 45.2 Å². The molecule has 0 bridgehead atoms. The van der Waals surface area contributed by atoms with Crippen LogP contribution in [0.15, 0.2) is 82.2 Å². The first kappa shape index (κ1) is 39.5. The molecule has 8 nitrogen and oxygen atoms in total. The molecule has 8 heteroatoms. The van der Waals surface area contributed by atoms with E-state index in [2.05, 4.69) is 13.8 Å². The lowest BCUT2D eigenvalue weighted by atomic mass is 10.0. The Bertz CT molecular complexity index is 1940. The van der Waals surface area contributed by atoms with Crippen LogP contribution < -0.4 is 10.3 Å². The van der Waals surface area contributed by atoms with Gasteiger partial charge in [0, 0.05) is 49.1 Å². The van der Waals surface area contributed by atoms with Gasteiger partial charge in [0.25, 0.3) is 0 Å². The second-order valence-electron chi connectivity index (χ2n) is 14.3. The normalized spacial score (nSPS) is 11.9. The summed E-state index contributed by atoms with van der Waals surface area (Å²) in [5.41, 5.74) is 4.58. The number of esters is 2. The monoisotopic (exact) mass is 719 g/mol. The molecule has 3 aromatic carbocycles. The predicted molar refractivity (Wildman–Crippen MR) is 215 cm³/mol. The minimum atomic E-state index is -0.317. The summed E-state index contributed by atoms with van der Waals surface area (Å²) in [6.07, 6.45) is 15.5. The van der Waals surface area contributed by atoms with Gasteiger partial charge in [-0.1, -0.05) is 102 Å². The standard InChI is InChI=1S/C45H57N3O5/c1-5-7-19-36(20-8-6-2)52-43(49)23-15-13-11-9-10-12-14-18-30-51-45(50)33-24-26-34(27-25-33)46-40-32-42-44(38-22-17-16-21-37(38)40)47-39-29-28-35(48(3)4)31-41(39)53-42/h16-17,21-22,24-29,31-32,36H,5-15,18-20,23,30H2,1-4H3/b46-40-. The molecular weight excluding hydrogens is 663 g/mol. The van der Waals surface area contributed by atoms with E-state index in [-0.39, 0.29) is 18.0 Å². The highest BCUT2D eigenvalue weighted by molar-refractivity contribution is 5.96. The molecule has 0 saturated heterocycles. The van der Waals surface area contributed by atoms with E-state index in [4.69, 9.17) is 23.9 Å². The second-order valence-corrected chi connectivity index (χ2v) is 14.3. The van der Waals surface area contributed by atoms with Crippen molar-refractivity contribution in [2.45, 2.75) is 116 Å². The van der Waals surface area contributed by atoms with Crippen LogP contribution in [0, 0.1) is 0 Å². The van der Waals surface area contributed by atoms with Crippen LogP contribution in [0.2, 0.25) is 0 Å². The molecular formula is C45H57N3O5. The van der Waals surface area contributed by atoms with Crippen LogP contribution in [0.4, 0.5) is 11.4 Å². The maximum Gasteiger partial charge on any atom is 0.338 e. The Kier molecular flexibility index (Phi) is 15.3. The van der Waals surface area contributed by atoms with Gasteiger partial charge in [0.1, 0.15) is 17.3 Å². The van der Waals surface area contributed by atoms with Crippen LogP contribution >= 0.6 is 0 Å². The van der Waals surface area contributed by atoms with Crippen LogP contribution in [0.5, 0.6) is 0 Å². The van der Waals surface area contributed by atoms with Crippen molar-refractivity contribution in [3.05, 3.63) is 83.7 Å². The van der Waals surface area contributed by atoms with E-state index < -0.39 is 0 Å². The number of anilines is 1. The van der Waals surface area contributed by atoms with Crippen molar-refractivity contribution in [2.75, 3.05) is 25.6 Å². The van der Waals surface area contributed by atoms with E-state index >= 15 is 0 Å². The van der Waals surface area contributed by atoms with Gasteiger partial charge in [-0.2, -0.15) is 0 Å². The molecule has 53 heavy (non-hydrogen) atoms. The lowest BCUT2D eigenvalue weighted by molar-refractivity contribution is -0.150. The maximum atomic E-state index is 12.7. The number of aromatic nitrogens is 1. The van der Waals surface area contributed by atoms with E-state index in [9.17, 15) is 9.59 Å². The Morgan fingerprint density at radius 3 is 2.11 bits per heavy atom. The van der Waals surface area contributed by atoms with Crippen LogP contribution in [0.25, 0.3) is 33.3 Å². The van der Waals surface area contributed by atoms with Crippen molar-refractivity contribution in [3.8, 4) is 11.5 Å². The number of unbranched alkanes of at least 4 members (excludes halogenated alkanes) is 9. The molecule has 0 atom stereocenters. The van der Waals surface area contributed by atoms with Crippen LogP contribution in [0.3, 0.4) is 0 Å². The van der Waals surface area contributed by atoms with Gasteiger partial charge in [0.2, 0.25) is 0 Å². The molecule has 0 unspecified atom stereocenters. The molecule has 0 fully saturated rings. The molecule has 0 aromatic heterocycles. The number of carbonyl (C=O) groups is 2. The summed E-state index contributed by atoms with van der Waals surface area (Å²) in [4.78, 5) is 37.0. The lowest BCUT2D eigenvalue weighted by Crippen LogP contribution is -2.18. The van der Waals surface area contributed by atoms with Gasteiger partial charge in [0.05, 0.1) is 23.2 Å². The fraction of sp³-hybridized carbons (Fsp3) is 0.467. The van der Waals surface area contributed by atoms with Gasteiger partial charge in [-0.25, -0.2) is 14.8 Å². The number of hydrogen-bond acceptors (Lipinski definition) is 8. The average molecular weight is 720 g/mol. The maximum absolute atomic E-state index is 12.7. The zero-order valence-electron chi connectivity index (χ0n) is 32.2. The number of rotatable bonds is 21. The minimum absolute atomic E-state index is 0.0277. The number of carbonyl (C=O) groups excluding carboxylic acids is 2. The molecule has 2 aliphatic rings. The lowest BCUT2D eigenvalue weighted by Gasteiger charge is -2.17. The van der Waals surface area contributed by atoms with Crippen molar-refractivity contribution < 1.29 is 23.5 Å². The van der Waals surface area contributed by atoms with Crippen LogP contribution in [0.1, 0.15) is 121 Å². The summed E-state index contributed by atoms with van der Waals surface area (Å²) < 4.78 is 17.7. The highest BCUT2D eigenvalue weighted by Gasteiger charge is 2.16. The van der Waals surface area contributed by atoms with Gasteiger partial charge in [-0.15, -0.1) is 0 Å². The van der Waals surface area contributed by atoms with E-state index in [0.717, 1.165) is 129 Å². The Morgan fingerprint density at radius 1 is 0.774 bits per heavy atom. The smallest absolute Gasteiger partial charge is 0.338 e. The predicted octanol–water partition coefficient (Wildman–Crippen LogP) is 11.3. The van der Waals surface area contributed by atoms with Crippen molar-refractivity contribution in [3.63, 3.8) is 0 Å². The molecule has 0 spiro atoms. The number of benzene rings is 4. The fourth-order valence-corrected chi connectivity index (χ4v) is 6.66. The summed E-state index contributed by atoms with van der Waals surface area (Å²) in [6, 6.07) is 23.3. The van der Waals surface area contributed by atoms with Gasteiger partial charge >= 0.3 is 11.9 Å². The molecule has 1 aliphatic carbocycles. The zero-order chi connectivity index (χ0) is 37.4. The third kappa shape index (κ3) is 11.6. The van der Waals surface area contributed by atoms with E-state index in [1.54, 1.807) is 12.1 Å². The topological polar surface area (TPSA) is 94.2 Å². The van der Waals surface area contributed by atoms with E-state index in [1.807, 2.05) is 79.7 Å². The highest BCUT2D eigenvalue weighted by Crippen LogP contribution is 2.32. The first-order chi connectivity index (χ1) is 25.9. The number of hydrogen-bond donors (Lipinski definition) is 0. The molecule has 1 aliphatic heterocycles. The third-order valence-electron chi connectivity index (χ3n) is 9.79. The molecule has 0 N–H and O–H groups in total. The van der Waals surface area contributed by atoms with Crippen molar-refractivity contribution in [1.29, 1.82) is 0 Å². The van der Waals surface area contributed by atoms with Gasteiger partial charge < -0.3 is 18.8 Å². The molecule has 1 heterocycles. The largest absolute Gasteiger partial charge is 0.462 e. The number of ether oxygens (including phenoxy) is 2. The van der Waals surface area contributed by atoms with Gasteiger partial charge in [-0.3, -0.25) is 4.79 Å². The Balaban J connectivity index is 1.04. The van der Waals surface area contributed by atoms with Gasteiger partial charge in [0.15, 0.2) is 11.3 Å². The molecule has 0 saturated carbocycles. The fourth-order valence-electron chi connectivity index (χ4n) is 6.66. The summed E-state index contributed by atoms with van der Waals surface area (Å²) in [6.45, 7) is 4.77. The first-order valence-electron chi connectivity index (χ1n) is 19.8. The zero-order valence-corrected chi connectivity index (χ0v) is 32.2.